The van der Waals surface area contributed by atoms with Crippen molar-refractivity contribution in [3.63, 3.8) is 0 Å². The van der Waals surface area contributed by atoms with Gasteiger partial charge in [-0.2, -0.15) is 0 Å². The molecule has 2 nitrogen and oxygen atoms in total. The Morgan fingerprint density at radius 1 is 1.38 bits per heavy atom. The van der Waals surface area contributed by atoms with Crippen LogP contribution in [0.3, 0.4) is 0 Å². The Morgan fingerprint density at radius 3 is 2.81 bits per heavy atom. The molecule has 0 fully saturated rings. The summed E-state index contributed by atoms with van der Waals surface area (Å²) in [6.45, 7) is 0.844. The maximum atomic E-state index is 10.1. The van der Waals surface area contributed by atoms with Crippen molar-refractivity contribution in [1.29, 1.82) is 0 Å². The molecule has 0 saturated heterocycles. The molecule has 0 radical (unpaired) electrons. The molecule has 0 aromatic heterocycles. The molecule has 0 aliphatic heterocycles. The summed E-state index contributed by atoms with van der Waals surface area (Å²) in [7, 11) is 0. The molecule has 0 aliphatic rings. The number of rotatable bonds is 6. The molecule has 0 amide bonds. The second kappa shape index (κ2) is 8.30. The quantitative estimate of drug-likeness (QED) is 0.479. The van der Waals surface area contributed by atoms with Gasteiger partial charge in [-0.3, -0.25) is 0 Å². The normalized spacial score (nSPS) is 9.75. The summed E-state index contributed by atoms with van der Waals surface area (Å²) in [5.74, 6) is 0.765. The Hall–Kier alpha value is -0.870. The third-order valence-corrected chi connectivity index (χ3v) is 3.34. The number of hydrogen-bond acceptors (Lipinski definition) is 3. The zero-order chi connectivity index (χ0) is 11.6. The number of thioether (sulfide) groups is 1. The third kappa shape index (κ3) is 5.88. The van der Waals surface area contributed by atoms with Crippen molar-refractivity contribution in [2.24, 2.45) is 0 Å². The van der Waals surface area contributed by atoms with Crippen molar-refractivity contribution in [3.8, 4) is 0 Å². The third-order valence-electron chi connectivity index (χ3n) is 1.99. The minimum Gasteiger partial charge on any atom is -0.371 e. The summed E-state index contributed by atoms with van der Waals surface area (Å²) in [6.07, 6.45) is 2.44. The number of hydrogen-bond donors (Lipinski definition) is 1. The largest absolute Gasteiger partial charge is 0.371 e. The molecule has 0 aliphatic carbocycles. The molecule has 0 saturated carbocycles. The van der Waals surface area contributed by atoms with Crippen LogP contribution in [-0.4, -0.2) is 22.9 Å². The minimum absolute atomic E-state index is 0.561. The maximum Gasteiger partial charge on any atom is 0.133 e. The minimum atomic E-state index is 0.561. The average Bonchev–Trinajstić information content (AvgIpc) is 2.31. The summed E-state index contributed by atoms with van der Waals surface area (Å²) in [4.78, 5) is 10.1. The van der Waals surface area contributed by atoms with E-state index in [1.54, 1.807) is 0 Å². The molecule has 0 atom stereocenters. The van der Waals surface area contributed by atoms with Crippen LogP contribution in [0.15, 0.2) is 30.3 Å². The Bertz CT molecular complexity index is 327. The summed E-state index contributed by atoms with van der Waals surface area (Å²) in [5, 5.41) is 3.17. The molecule has 0 bridgehead atoms. The molecule has 4 heteroatoms. The van der Waals surface area contributed by atoms with Gasteiger partial charge in [0, 0.05) is 18.7 Å². The van der Waals surface area contributed by atoms with Gasteiger partial charge in [0.1, 0.15) is 10.6 Å². The van der Waals surface area contributed by atoms with Gasteiger partial charge in [0.05, 0.1) is 0 Å². The van der Waals surface area contributed by atoms with Crippen LogP contribution < -0.4 is 5.32 Å². The van der Waals surface area contributed by atoms with Gasteiger partial charge in [-0.25, -0.2) is 0 Å². The summed E-state index contributed by atoms with van der Waals surface area (Å²) < 4.78 is 0.776. The number of carbonyl (C=O) groups is 1. The molecular formula is C12H15NOS2. The lowest BCUT2D eigenvalue weighted by molar-refractivity contribution is -0.107. The van der Waals surface area contributed by atoms with Gasteiger partial charge >= 0.3 is 0 Å². The molecule has 0 heterocycles. The van der Waals surface area contributed by atoms with Crippen molar-refractivity contribution in [1.82, 2.24) is 5.32 Å². The smallest absolute Gasteiger partial charge is 0.133 e. The summed E-state index contributed by atoms with van der Waals surface area (Å²) in [6, 6.07) is 10.3. The monoisotopic (exact) mass is 253 g/mol. The van der Waals surface area contributed by atoms with Crippen molar-refractivity contribution in [2.75, 3.05) is 12.3 Å². The topological polar surface area (TPSA) is 29.1 Å². The fraction of sp³-hybridized carbons (Fsp3) is 0.333. The maximum absolute atomic E-state index is 10.1. The lowest BCUT2D eigenvalue weighted by Gasteiger charge is -2.06. The first kappa shape index (κ1) is 13.2. The fourth-order valence-electron chi connectivity index (χ4n) is 1.20. The van der Waals surface area contributed by atoms with Crippen LogP contribution in [-0.2, 0) is 11.2 Å². The fourth-order valence-corrected chi connectivity index (χ4v) is 2.16. The highest BCUT2D eigenvalue weighted by atomic mass is 32.2. The van der Waals surface area contributed by atoms with E-state index < -0.39 is 0 Å². The first-order valence-corrected chi connectivity index (χ1v) is 6.60. The molecule has 86 valence electrons. The van der Waals surface area contributed by atoms with Crippen LogP contribution in [0.2, 0.25) is 0 Å². The van der Waals surface area contributed by atoms with Gasteiger partial charge in [0.25, 0.3) is 0 Å². The Labute approximate surface area is 106 Å². The second-order valence-corrected chi connectivity index (χ2v) is 5.03. The number of nitrogens with one attached hydrogen (secondary N) is 1. The van der Waals surface area contributed by atoms with E-state index in [1.807, 2.05) is 18.2 Å². The van der Waals surface area contributed by atoms with Crippen molar-refractivity contribution in [3.05, 3.63) is 35.9 Å². The molecule has 1 aromatic rings. The number of aldehydes is 1. The average molecular weight is 253 g/mol. The van der Waals surface area contributed by atoms with Gasteiger partial charge in [0.2, 0.25) is 0 Å². The van der Waals surface area contributed by atoms with Crippen LogP contribution in [0.25, 0.3) is 0 Å². The summed E-state index contributed by atoms with van der Waals surface area (Å²) >= 11 is 6.64. The standard InChI is InChI=1S/C12H15NOS2/c14-9-4-10-16-12(15)13-8-7-11-5-2-1-3-6-11/h1-3,5-6,9H,4,7-8,10H2,(H,13,15). The van der Waals surface area contributed by atoms with E-state index in [0.29, 0.717) is 6.42 Å². The van der Waals surface area contributed by atoms with Gasteiger partial charge < -0.3 is 10.1 Å². The molecule has 0 spiro atoms. The molecule has 1 aromatic carbocycles. The predicted molar refractivity (Wildman–Crippen MR) is 73.9 cm³/mol. The van der Waals surface area contributed by atoms with Gasteiger partial charge in [-0.1, -0.05) is 54.3 Å². The van der Waals surface area contributed by atoms with Gasteiger partial charge in [0.15, 0.2) is 0 Å². The lowest BCUT2D eigenvalue weighted by Crippen LogP contribution is -2.21. The molecule has 1 N–H and O–H groups in total. The van der Waals surface area contributed by atoms with Crippen LogP contribution in [0.5, 0.6) is 0 Å². The van der Waals surface area contributed by atoms with E-state index in [0.717, 1.165) is 29.3 Å². The molecule has 1 rings (SSSR count). The van der Waals surface area contributed by atoms with E-state index in [4.69, 9.17) is 12.2 Å². The molecular weight excluding hydrogens is 238 g/mol. The van der Waals surface area contributed by atoms with E-state index in [2.05, 4.69) is 17.4 Å². The van der Waals surface area contributed by atoms with Crippen molar-refractivity contribution >= 4 is 34.6 Å². The first-order chi connectivity index (χ1) is 7.83. The highest BCUT2D eigenvalue weighted by Gasteiger charge is 1.96. The van der Waals surface area contributed by atoms with Crippen LogP contribution in [0.1, 0.15) is 12.0 Å². The van der Waals surface area contributed by atoms with Crippen LogP contribution >= 0.6 is 24.0 Å². The van der Waals surface area contributed by atoms with Gasteiger partial charge in [-0.15, -0.1) is 0 Å². The highest BCUT2D eigenvalue weighted by Crippen LogP contribution is 2.03. The predicted octanol–water partition coefficient (Wildman–Crippen LogP) is 2.43. The van der Waals surface area contributed by atoms with E-state index >= 15 is 0 Å². The van der Waals surface area contributed by atoms with E-state index in [9.17, 15) is 4.79 Å². The highest BCUT2D eigenvalue weighted by molar-refractivity contribution is 8.22. The SMILES string of the molecule is O=CCCSC(=S)NCCc1ccccc1. The molecule has 16 heavy (non-hydrogen) atoms. The zero-order valence-corrected chi connectivity index (χ0v) is 10.7. The van der Waals surface area contributed by atoms with Gasteiger partial charge in [-0.05, 0) is 12.0 Å². The number of carbonyl (C=O) groups excluding carboxylic acids is 1. The Morgan fingerprint density at radius 2 is 2.12 bits per heavy atom. The first-order valence-electron chi connectivity index (χ1n) is 5.21. The van der Waals surface area contributed by atoms with Crippen LogP contribution in [0, 0.1) is 0 Å². The zero-order valence-electron chi connectivity index (χ0n) is 9.02. The Kier molecular flexibility index (Phi) is 6.85. The van der Waals surface area contributed by atoms with Crippen LogP contribution in [0.4, 0.5) is 0 Å². The van der Waals surface area contributed by atoms with Crippen molar-refractivity contribution in [2.45, 2.75) is 12.8 Å². The second-order valence-electron chi connectivity index (χ2n) is 3.25. The Balaban J connectivity index is 2.11. The summed E-state index contributed by atoms with van der Waals surface area (Å²) in [5.41, 5.74) is 1.30. The van der Waals surface area contributed by atoms with E-state index in [-0.39, 0.29) is 0 Å². The lowest BCUT2D eigenvalue weighted by atomic mass is 10.2. The van der Waals surface area contributed by atoms with Crippen molar-refractivity contribution < 1.29 is 4.79 Å². The number of thiocarbonyl (C=S) groups is 1. The van der Waals surface area contributed by atoms with E-state index in [1.165, 1.54) is 17.3 Å². The molecule has 0 unspecified atom stereocenters. The number of benzene rings is 1.